The lowest BCUT2D eigenvalue weighted by molar-refractivity contribution is 0.0418. The predicted octanol–water partition coefficient (Wildman–Crippen LogP) is 1.18. The van der Waals surface area contributed by atoms with E-state index in [-0.39, 0.29) is 5.56 Å². The summed E-state index contributed by atoms with van der Waals surface area (Å²) in [6.07, 6.45) is 5.11. The molecule has 1 aromatic rings. The van der Waals surface area contributed by atoms with Gasteiger partial charge in [-0.05, 0) is 44.8 Å². The minimum Gasteiger partial charge on any atom is -0.398 e. The molecule has 2 rings (SSSR count). The van der Waals surface area contributed by atoms with Crippen molar-refractivity contribution in [1.29, 1.82) is 0 Å². The molecular weight excluding hydrogens is 254 g/mol. The van der Waals surface area contributed by atoms with Gasteiger partial charge in [-0.15, -0.1) is 0 Å². The summed E-state index contributed by atoms with van der Waals surface area (Å²) in [7, 11) is 2.14. The first-order valence-electron chi connectivity index (χ1n) is 7.37. The van der Waals surface area contributed by atoms with E-state index in [1.54, 1.807) is 16.8 Å². The van der Waals surface area contributed by atoms with Gasteiger partial charge in [0.15, 0.2) is 0 Å². The van der Waals surface area contributed by atoms with Gasteiger partial charge < -0.3 is 19.9 Å². The molecule has 112 valence electrons. The Morgan fingerprint density at radius 2 is 2.35 bits per heavy atom. The SMILES string of the molecule is CN(CCCn1cc(N)ccc1=O)CC1CCCOC1. The van der Waals surface area contributed by atoms with Crippen molar-refractivity contribution < 1.29 is 4.74 Å². The highest BCUT2D eigenvalue weighted by molar-refractivity contribution is 5.33. The van der Waals surface area contributed by atoms with Gasteiger partial charge in [-0.2, -0.15) is 0 Å². The number of aryl methyl sites for hydroxylation is 1. The molecule has 0 aromatic carbocycles. The molecule has 5 heteroatoms. The fourth-order valence-corrected chi connectivity index (χ4v) is 2.72. The summed E-state index contributed by atoms with van der Waals surface area (Å²) in [4.78, 5) is 14.0. The highest BCUT2D eigenvalue weighted by atomic mass is 16.5. The molecule has 1 aliphatic rings. The van der Waals surface area contributed by atoms with E-state index >= 15 is 0 Å². The van der Waals surface area contributed by atoms with Crippen molar-refractivity contribution in [2.75, 3.05) is 39.1 Å². The predicted molar refractivity (Wildman–Crippen MR) is 80.8 cm³/mol. The monoisotopic (exact) mass is 279 g/mol. The number of rotatable bonds is 6. The maximum atomic E-state index is 11.6. The molecule has 0 spiro atoms. The number of hydrogen-bond donors (Lipinski definition) is 1. The summed E-state index contributed by atoms with van der Waals surface area (Å²) in [5.41, 5.74) is 6.35. The highest BCUT2D eigenvalue weighted by Crippen LogP contribution is 2.14. The molecule has 0 bridgehead atoms. The molecule has 0 radical (unpaired) electrons. The largest absolute Gasteiger partial charge is 0.398 e. The molecule has 2 heterocycles. The molecule has 1 fully saturated rings. The van der Waals surface area contributed by atoms with Gasteiger partial charge in [-0.25, -0.2) is 0 Å². The number of anilines is 1. The Labute approximate surface area is 120 Å². The number of nitrogen functional groups attached to an aromatic ring is 1. The zero-order valence-corrected chi connectivity index (χ0v) is 12.3. The van der Waals surface area contributed by atoms with Gasteiger partial charge in [0.25, 0.3) is 5.56 Å². The summed E-state index contributed by atoms with van der Waals surface area (Å²) in [5.74, 6) is 0.656. The van der Waals surface area contributed by atoms with E-state index in [9.17, 15) is 4.79 Å². The molecular formula is C15H25N3O2. The molecule has 0 saturated carbocycles. The van der Waals surface area contributed by atoms with E-state index in [0.717, 1.165) is 39.3 Å². The van der Waals surface area contributed by atoms with Crippen LogP contribution in [0.1, 0.15) is 19.3 Å². The van der Waals surface area contributed by atoms with Crippen molar-refractivity contribution in [3.05, 3.63) is 28.7 Å². The fraction of sp³-hybridized carbons (Fsp3) is 0.667. The van der Waals surface area contributed by atoms with Crippen LogP contribution in [0, 0.1) is 5.92 Å². The molecule has 2 N–H and O–H groups in total. The van der Waals surface area contributed by atoms with Crippen LogP contribution < -0.4 is 11.3 Å². The van der Waals surface area contributed by atoms with Crippen molar-refractivity contribution in [2.24, 2.45) is 5.92 Å². The third kappa shape index (κ3) is 4.65. The first-order chi connectivity index (χ1) is 9.65. The van der Waals surface area contributed by atoms with Gasteiger partial charge in [0.05, 0.1) is 6.61 Å². The molecule has 1 aliphatic heterocycles. The van der Waals surface area contributed by atoms with E-state index in [4.69, 9.17) is 10.5 Å². The van der Waals surface area contributed by atoms with Crippen LogP contribution >= 0.6 is 0 Å². The van der Waals surface area contributed by atoms with E-state index in [1.807, 2.05) is 0 Å². The van der Waals surface area contributed by atoms with Crippen molar-refractivity contribution in [3.8, 4) is 0 Å². The van der Waals surface area contributed by atoms with Crippen LogP contribution in [-0.2, 0) is 11.3 Å². The molecule has 5 nitrogen and oxygen atoms in total. The van der Waals surface area contributed by atoms with Gasteiger partial charge in [0, 0.05) is 37.6 Å². The number of nitrogens with zero attached hydrogens (tertiary/aromatic N) is 2. The maximum Gasteiger partial charge on any atom is 0.250 e. The van der Waals surface area contributed by atoms with Crippen LogP contribution in [0.5, 0.6) is 0 Å². The Kier molecular flexibility index (Phi) is 5.61. The van der Waals surface area contributed by atoms with Crippen LogP contribution in [0.15, 0.2) is 23.1 Å². The number of pyridine rings is 1. The summed E-state index contributed by atoms with van der Waals surface area (Å²) in [5, 5.41) is 0. The lowest BCUT2D eigenvalue weighted by Crippen LogP contribution is -2.32. The summed E-state index contributed by atoms with van der Waals surface area (Å²) >= 11 is 0. The quantitative estimate of drug-likeness (QED) is 0.849. The van der Waals surface area contributed by atoms with Crippen molar-refractivity contribution in [3.63, 3.8) is 0 Å². The van der Waals surface area contributed by atoms with Crippen LogP contribution in [0.2, 0.25) is 0 Å². The minimum atomic E-state index is 0.0162. The Morgan fingerprint density at radius 3 is 3.10 bits per heavy atom. The van der Waals surface area contributed by atoms with Gasteiger partial charge in [-0.3, -0.25) is 4.79 Å². The van der Waals surface area contributed by atoms with E-state index in [0.29, 0.717) is 11.6 Å². The van der Waals surface area contributed by atoms with Crippen molar-refractivity contribution in [1.82, 2.24) is 9.47 Å². The van der Waals surface area contributed by atoms with Gasteiger partial charge in [0.2, 0.25) is 0 Å². The van der Waals surface area contributed by atoms with E-state index in [1.165, 1.54) is 18.9 Å². The number of nitrogens with two attached hydrogens (primary N) is 1. The maximum absolute atomic E-state index is 11.6. The third-order valence-electron chi connectivity index (χ3n) is 3.77. The minimum absolute atomic E-state index is 0.0162. The Balaban J connectivity index is 1.72. The second-order valence-electron chi connectivity index (χ2n) is 5.69. The Morgan fingerprint density at radius 1 is 1.50 bits per heavy atom. The zero-order chi connectivity index (χ0) is 14.4. The topological polar surface area (TPSA) is 60.5 Å². The summed E-state index contributed by atoms with van der Waals surface area (Å²) < 4.78 is 7.19. The number of ether oxygens (including phenoxy) is 1. The second-order valence-corrected chi connectivity index (χ2v) is 5.69. The zero-order valence-electron chi connectivity index (χ0n) is 12.3. The summed E-state index contributed by atoms with van der Waals surface area (Å²) in [6.45, 7) is 4.58. The van der Waals surface area contributed by atoms with E-state index in [2.05, 4.69) is 11.9 Å². The number of hydrogen-bond acceptors (Lipinski definition) is 4. The van der Waals surface area contributed by atoms with Gasteiger partial charge >= 0.3 is 0 Å². The standard InChI is InChI=1S/C15H25N3O2/c1-17(10-13-4-2-9-20-12-13)7-3-8-18-11-14(16)5-6-15(18)19/h5-6,11,13H,2-4,7-10,12,16H2,1H3. The lowest BCUT2D eigenvalue weighted by atomic mass is 10.0. The van der Waals surface area contributed by atoms with Crippen LogP contribution in [0.3, 0.4) is 0 Å². The number of aromatic nitrogens is 1. The second kappa shape index (κ2) is 7.45. The first-order valence-corrected chi connectivity index (χ1v) is 7.37. The smallest absolute Gasteiger partial charge is 0.250 e. The van der Waals surface area contributed by atoms with Crippen molar-refractivity contribution >= 4 is 5.69 Å². The van der Waals surface area contributed by atoms with Crippen LogP contribution in [0.25, 0.3) is 0 Å². The average molecular weight is 279 g/mol. The van der Waals surface area contributed by atoms with Gasteiger partial charge in [-0.1, -0.05) is 0 Å². The first kappa shape index (κ1) is 15.1. The van der Waals surface area contributed by atoms with Crippen LogP contribution in [-0.4, -0.2) is 42.8 Å². The van der Waals surface area contributed by atoms with Crippen molar-refractivity contribution in [2.45, 2.75) is 25.8 Å². The Bertz CT molecular complexity index is 466. The normalized spacial score (nSPS) is 19.4. The molecule has 1 unspecified atom stereocenters. The Hall–Kier alpha value is -1.33. The molecule has 1 atom stereocenters. The average Bonchev–Trinajstić information content (AvgIpc) is 2.44. The molecule has 1 saturated heterocycles. The summed E-state index contributed by atoms with van der Waals surface area (Å²) in [6, 6.07) is 3.17. The lowest BCUT2D eigenvalue weighted by Gasteiger charge is -2.27. The van der Waals surface area contributed by atoms with Gasteiger partial charge in [0.1, 0.15) is 0 Å². The van der Waals surface area contributed by atoms with Crippen LogP contribution in [0.4, 0.5) is 5.69 Å². The fourth-order valence-electron chi connectivity index (χ4n) is 2.72. The van der Waals surface area contributed by atoms with E-state index < -0.39 is 0 Å². The molecule has 0 amide bonds. The third-order valence-corrected chi connectivity index (χ3v) is 3.77. The highest BCUT2D eigenvalue weighted by Gasteiger charge is 2.15. The molecule has 0 aliphatic carbocycles. The molecule has 20 heavy (non-hydrogen) atoms. The molecule has 1 aromatic heterocycles.